The number of carbonyl (C=O) groups excluding carboxylic acids is 1. The highest BCUT2D eigenvalue weighted by atomic mass is 16.7. The zero-order chi connectivity index (χ0) is 10.4. The third-order valence-corrected chi connectivity index (χ3v) is 2.12. The first-order chi connectivity index (χ1) is 6.68. The van der Waals surface area contributed by atoms with E-state index in [0.717, 1.165) is 25.7 Å². The molecule has 14 heavy (non-hydrogen) atoms. The van der Waals surface area contributed by atoms with E-state index in [9.17, 15) is 9.59 Å². The number of rotatable bonds is 5. The molecular formula is C9H14O5. The van der Waals surface area contributed by atoms with Gasteiger partial charge in [0.2, 0.25) is 0 Å². The van der Waals surface area contributed by atoms with Gasteiger partial charge in [0.05, 0.1) is 6.10 Å². The normalized spacial score (nSPS) is 16.9. The summed E-state index contributed by atoms with van der Waals surface area (Å²) in [6, 6.07) is 0. The Morgan fingerprint density at radius 3 is 2.50 bits per heavy atom. The highest BCUT2D eigenvalue weighted by Gasteiger charge is 2.16. The Morgan fingerprint density at radius 1 is 1.29 bits per heavy atom. The lowest BCUT2D eigenvalue weighted by Crippen LogP contribution is -2.16. The molecule has 1 fully saturated rings. The van der Waals surface area contributed by atoms with Crippen LogP contribution in [0.2, 0.25) is 0 Å². The summed E-state index contributed by atoms with van der Waals surface area (Å²) >= 11 is 0. The van der Waals surface area contributed by atoms with Gasteiger partial charge < -0.3 is 14.6 Å². The Kier molecular flexibility index (Phi) is 4.39. The predicted octanol–water partition coefficient (Wildman–Crippen LogP) is 0.921. The monoisotopic (exact) mass is 202 g/mol. The van der Waals surface area contributed by atoms with Crippen LogP contribution in [0.5, 0.6) is 0 Å². The SMILES string of the molecule is O=C(O)CC(=O)OCOC1CCCC1. The number of carbonyl (C=O) groups is 2. The minimum atomic E-state index is -1.18. The molecule has 80 valence electrons. The van der Waals surface area contributed by atoms with E-state index in [4.69, 9.17) is 9.84 Å². The van der Waals surface area contributed by atoms with Gasteiger partial charge in [0.15, 0.2) is 6.79 Å². The smallest absolute Gasteiger partial charge is 0.319 e. The first-order valence-electron chi connectivity index (χ1n) is 4.67. The summed E-state index contributed by atoms with van der Waals surface area (Å²) in [5, 5.41) is 8.25. The zero-order valence-electron chi connectivity index (χ0n) is 7.90. The van der Waals surface area contributed by atoms with Crippen LogP contribution in [-0.2, 0) is 19.1 Å². The van der Waals surface area contributed by atoms with E-state index in [1.54, 1.807) is 0 Å². The molecule has 1 rings (SSSR count). The second kappa shape index (κ2) is 5.59. The van der Waals surface area contributed by atoms with E-state index in [1.807, 2.05) is 0 Å². The van der Waals surface area contributed by atoms with Gasteiger partial charge >= 0.3 is 11.9 Å². The van der Waals surface area contributed by atoms with Gasteiger partial charge in [-0.1, -0.05) is 12.8 Å². The zero-order valence-corrected chi connectivity index (χ0v) is 7.90. The Hall–Kier alpha value is -1.10. The second-order valence-corrected chi connectivity index (χ2v) is 3.28. The third-order valence-electron chi connectivity index (χ3n) is 2.12. The summed E-state index contributed by atoms with van der Waals surface area (Å²) < 4.78 is 9.79. The van der Waals surface area contributed by atoms with Gasteiger partial charge in [-0.05, 0) is 12.8 Å². The second-order valence-electron chi connectivity index (χ2n) is 3.28. The molecule has 0 bridgehead atoms. The van der Waals surface area contributed by atoms with E-state index in [-0.39, 0.29) is 12.9 Å². The molecule has 0 unspecified atom stereocenters. The molecule has 1 N–H and O–H groups in total. The van der Waals surface area contributed by atoms with Crippen LogP contribution in [0.1, 0.15) is 32.1 Å². The predicted molar refractivity (Wildman–Crippen MR) is 46.6 cm³/mol. The van der Waals surface area contributed by atoms with Gasteiger partial charge in [-0.3, -0.25) is 9.59 Å². The third kappa shape index (κ3) is 4.23. The van der Waals surface area contributed by atoms with Crippen molar-refractivity contribution in [2.24, 2.45) is 0 Å². The summed E-state index contributed by atoms with van der Waals surface area (Å²) in [6.07, 6.45) is 3.86. The molecule has 5 heteroatoms. The minimum absolute atomic E-state index is 0.128. The number of hydrogen-bond donors (Lipinski definition) is 1. The largest absolute Gasteiger partial charge is 0.481 e. The molecule has 0 spiro atoms. The van der Waals surface area contributed by atoms with Crippen molar-refractivity contribution in [3.63, 3.8) is 0 Å². The van der Waals surface area contributed by atoms with Gasteiger partial charge in [-0.25, -0.2) is 0 Å². The number of esters is 1. The maximum absolute atomic E-state index is 10.7. The number of hydrogen-bond acceptors (Lipinski definition) is 4. The maximum Gasteiger partial charge on any atom is 0.319 e. The summed E-state index contributed by atoms with van der Waals surface area (Å²) in [5.41, 5.74) is 0. The Labute approximate surface area is 82.0 Å². The fraction of sp³-hybridized carbons (Fsp3) is 0.778. The van der Waals surface area contributed by atoms with Crippen LogP contribution in [0.3, 0.4) is 0 Å². The first-order valence-corrected chi connectivity index (χ1v) is 4.67. The molecular weight excluding hydrogens is 188 g/mol. The lowest BCUT2D eigenvalue weighted by atomic mass is 10.3. The molecule has 1 saturated carbocycles. The van der Waals surface area contributed by atoms with Gasteiger partial charge in [0, 0.05) is 0 Å². The molecule has 5 nitrogen and oxygen atoms in total. The fourth-order valence-electron chi connectivity index (χ4n) is 1.43. The summed E-state index contributed by atoms with van der Waals surface area (Å²) in [7, 11) is 0. The number of ether oxygens (including phenoxy) is 2. The minimum Gasteiger partial charge on any atom is -0.481 e. The first kappa shape index (κ1) is 11.0. The van der Waals surface area contributed by atoms with Crippen LogP contribution in [0.4, 0.5) is 0 Å². The standard InChI is InChI=1S/C9H14O5/c10-8(11)5-9(12)14-6-13-7-3-1-2-4-7/h7H,1-6H2,(H,10,11). The van der Waals surface area contributed by atoms with Gasteiger partial charge in [-0.2, -0.15) is 0 Å². The topological polar surface area (TPSA) is 72.8 Å². The van der Waals surface area contributed by atoms with Crippen LogP contribution in [0.25, 0.3) is 0 Å². The van der Waals surface area contributed by atoms with Crippen molar-refractivity contribution in [2.45, 2.75) is 38.2 Å². The van der Waals surface area contributed by atoms with E-state index in [2.05, 4.69) is 4.74 Å². The van der Waals surface area contributed by atoms with Crippen LogP contribution in [0, 0.1) is 0 Å². The molecule has 0 radical (unpaired) electrons. The highest BCUT2D eigenvalue weighted by molar-refractivity contribution is 5.89. The summed E-state index contributed by atoms with van der Waals surface area (Å²) in [6.45, 7) is -0.128. The van der Waals surface area contributed by atoms with E-state index >= 15 is 0 Å². The van der Waals surface area contributed by atoms with Crippen molar-refractivity contribution < 1.29 is 24.2 Å². The van der Waals surface area contributed by atoms with Crippen molar-refractivity contribution in [2.75, 3.05) is 6.79 Å². The van der Waals surface area contributed by atoms with Crippen molar-refractivity contribution in [3.05, 3.63) is 0 Å². The molecule has 0 amide bonds. The summed E-state index contributed by atoms with van der Waals surface area (Å²) in [4.78, 5) is 20.8. The molecule has 0 aromatic heterocycles. The highest BCUT2D eigenvalue weighted by Crippen LogP contribution is 2.20. The molecule has 0 saturated heterocycles. The molecule has 0 aromatic rings. The molecule has 0 aliphatic heterocycles. The lowest BCUT2D eigenvalue weighted by molar-refractivity contribution is -0.164. The van der Waals surface area contributed by atoms with Crippen molar-refractivity contribution in [1.82, 2.24) is 0 Å². The molecule has 1 aliphatic carbocycles. The van der Waals surface area contributed by atoms with Crippen molar-refractivity contribution in [1.29, 1.82) is 0 Å². The fourth-order valence-corrected chi connectivity index (χ4v) is 1.43. The summed E-state index contributed by atoms with van der Waals surface area (Å²) in [5.74, 6) is -1.94. The van der Waals surface area contributed by atoms with Crippen molar-refractivity contribution >= 4 is 11.9 Å². The molecule has 1 aliphatic rings. The molecule has 0 aromatic carbocycles. The number of carboxylic acids is 1. The van der Waals surface area contributed by atoms with Crippen LogP contribution >= 0.6 is 0 Å². The van der Waals surface area contributed by atoms with Crippen LogP contribution in [0.15, 0.2) is 0 Å². The van der Waals surface area contributed by atoms with Gasteiger partial charge in [0.25, 0.3) is 0 Å². The van der Waals surface area contributed by atoms with Gasteiger partial charge in [0.1, 0.15) is 6.42 Å². The average Bonchev–Trinajstić information content (AvgIpc) is 2.55. The maximum atomic E-state index is 10.7. The van der Waals surface area contributed by atoms with E-state index < -0.39 is 18.4 Å². The number of aliphatic carboxylic acids is 1. The van der Waals surface area contributed by atoms with Gasteiger partial charge in [-0.15, -0.1) is 0 Å². The lowest BCUT2D eigenvalue weighted by Gasteiger charge is -2.10. The van der Waals surface area contributed by atoms with Crippen molar-refractivity contribution in [3.8, 4) is 0 Å². The number of carboxylic acid groups (broad SMARTS) is 1. The Bertz CT molecular complexity index is 207. The van der Waals surface area contributed by atoms with Crippen LogP contribution in [-0.4, -0.2) is 29.9 Å². The van der Waals surface area contributed by atoms with E-state index in [0.29, 0.717) is 0 Å². The quantitative estimate of drug-likeness (QED) is 0.407. The molecule has 0 heterocycles. The Morgan fingerprint density at radius 2 is 1.93 bits per heavy atom. The van der Waals surface area contributed by atoms with E-state index in [1.165, 1.54) is 0 Å². The average molecular weight is 202 g/mol. The van der Waals surface area contributed by atoms with Crippen LogP contribution < -0.4 is 0 Å². The molecule has 0 atom stereocenters. The Balaban J connectivity index is 2.02.